The maximum atomic E-state index is 12.1. The van der Waals surface area contributed by atoms with Crippen molar-refractivity contribution in [3.63, 3.8) is 0 Å². The van der Waals surface area contributed by atoms with Crippen molar-refractivity contribution in [1.29, 1.82) is 5.26 Å². The molecule has 2 aromatic rings. The maximum absolute atomic E-state index is 12.1. The third kappa shape index (κ3) is 5.82. The van der Waals surface area contributed by atoms with Crippen LogP contribution in [-0.2, 0) is 20.7 Å². The van der Waals surface area contributed by atoms with Crippen molar-refractivity contribution in [2.24, 2.45) is 0 Å². The lowest BCUT2D eigenvalue weighted by atomic mass is 10.0. The molecule has 0 aliphatic rings. The average molecular weight is 376 g/mol. The van der Waals surface area contributed by atoms with Gasteiger partial charge in [-0.3, -0.25) is 4.79 Å². The van der Waals surface area contributed by atoms with Gasteiger partial charge in [0.15, 0.2) is 6.61 Å². The predicted molar refractivity (Wildman–Crippen MR) is 110 cm³/mol. The van der Waals surface area contributed by atoms with Gasteiger partial charge in [-0.2, -0.15) is 5.26 Å². The van der Waals surface area contributed by atoms with E-state index in [0.717, 1.165) is 17.5 Å². The second-order valence-electron chi connectivity index (χ2n) is 6.63. The van der Waals surface area contributed by atoms with Gasteiger partial charge in [0, 0.05) is 5.69 Å². The number of aryl methyl sites for hydroxylation is 1. The molecule has 28 heavy (non-hydrogen) atoms. The molecular weight excluding hydrogens is 352 g/mol. The Kier molecular flexibility index (Phi) is 7.53. The van der Waals surface area contributed by atoms with Gasteiger partial charge in [0.1, 0.15) is 11.6 Å². The van der Waals surface area contributed by atoms with E-state index in [9.17, 15) is 14.9 Å². The van der Waals surface area contributed by atoms with E-state index in [1.165, 1.54) is 11.6 Å². The number of hydrogen-bond acceptors (Lipinski definition) is 4. The molecule has 2 rings (SSSR count). The first kappa shape index (κ1) is 20.9. The molecular formula is C23H24N2O3. The van der Waals surface area contributed by atoms with Crippen LogP contribution in [0.5, 0.6) is 0 Å². The van der Waals surface area contributed by atoms with Crippen molar-refractivity contribution in [2.75, 3.05) is 11.9 Å². The largest absolute Gasteiger partial charge is 0.451 e. The molecule has 0 fully saturated rings. The second kappa shape index (κ2) is 10.1. The van der Waals surface area contributed by atoms with Crippen molar-refractivity contribution >= 4 is 23.6 Å². The van der Waals surface area contributed by atoms with Gasteiger partial charge in [-0.1, -0.05) is 63.2 Å². The van der Waals surface area contributed by atoms with E-state index in [1.807, 2.05) is 55.5 Å². The number of carbonyl (C=O) groups excluding carboxylic acids is 2. The van der Waals surface area contributed by atoms with Crippen molar-refractivity contribution < 1.29 is 14.3 Å². The summed E-state index contributed by atoms with van der Waals surface area (Å²) >= 11 is 0. The van der Waals surface area contributed by atoms with Crippen LogP contribution in [0.1, 0.15) is 43.4 Å². The van der Waals surface area contributed by atoms with Crippen molar-refractivity contribution in [2.45, 2.75) is 33.1 Å². The molecule has 0 aliphatic carbocycles. The number of anilines is 1. The van der Waals surface area contributed by atoms with Crippen LogP contribution >= 0.6 is 0 Å². The summed E-state index contributed by atoms with van der Waals surface area (Å²) < 4.78 is 4.99. The molecule has 1 N–H and O–H groups in total. The standard InChI is InChI=1S/C23H24N2O3/c1-4-18-7-5-6-8-21(18)25-22(26)15-28-23(27)20(14-24)13-17-9-11-19(12-10-17)16(2)3/h5-13,16H,4,15H2,1-3H3,(H,25,26)/b20-13+. The maximum Gasteiger partial charge on any atom is 0.349 e. The van der Waals surface area contributed by atoms with Gasteiger partial charge in [0.2, 0.25) is 0 Å². The number of nitrogens with one attached hydrogen (secondary N) is 1. The molecule has 0 saturated heterocycles. The van der Waals surface area contributed by atoms with Crippen molar-refractivity contribution in [3.05, 3.63) is 70.8 Å². The molecule has 0 radical (unpaired) electrons. The Morgan fingerprint density at radius 1 is 1.14 bits per heavy atom. The van der Waals surface area contributed by atoms with Gasteiger partial charge in [-0.15, -0.1) is 0 Å². The first-order chi connectivity index (χ1) is 13.4. The molecule has 144 valence electrons. The smallest absolute Gasteiger partial charge is 0.349 e. The number of carbonyl (C=O) groups is 2. The molecule has 5 heteroatoms. The summed E-state index contributed by atoms with van der Waals surface area (Å²) in [4.78, 5) is 24.2. The SMILES string of the molecule is CCc1ccccc1NC(=O)COC(=O)/C(C#N)=C/c1ccc(C(C)C)cc1. The minimum absolute atomic E-state index is 0.154. The van der Waals surface area contributed by atoms with E-state index >= 15 is 0 Å². The molecule has 0 unspecified atom stereocenters. The number of nitrogens with zero attached hydrogens (tertiary/aromatic N) is 1. The second-order valence-corrected chi connectivity index (χ2v) is 6.63. The van der Waals surface area contributed by atoms with Gasteiger partial charge >= 0.3 is 5.97 Å². The molecule has 1 amide bonds. The molecule has 0 heterocycles. The monoisotopic (exact) mass is 376 g/mol. The minimum Gasteiger partial charge on any atom is -0.451 e. The fourth-order valence-corrected chi connectivity index (χ4v) is 2.63. The van der Waals surface area contributed by atoms with Crippen LogP contribution in [-0.4, -0.2) is 18.5 Å². The van der Waals surface area contributed by atoms with Crippen molar-refractivity contribution in [1.82, 2.24) is 0 Å². The summed E-state index contributed by atoms with van der Waals surface area (Å²) in [6, 6.07) is 16.9. The zero-order valence-electron chi connectivity index (χ0n) is 16.4. The Balaban J connectivity index is 1.98. The third-order valence-corrected chi connectivity index (χ3v) is 4.26. The van der Waals surface area contributed by atoms with E-state index in [1.54, 1.807) is 6.07 Å². The minimum atomic E-state index is -0.825. The lowest BCUT2D eigenvalue weighted by molar-refractivity contribution is -0.142. The zero-order valence-corrected chi connectivity index (χ0v) is 16.4. The molecule has 5 nitrogen and oxygen atoms in total. The summed E-state index contributed by atoms with van der Waals surface area (Å²) in [5.74, 6) is -0.878. The highest BCUT2D eigenvalue weighted by Gasteiger charge is 2.14. The summed E-state index contributed by atoms with van der Waals surface area (Å²) in [6.07, 6.45) is 2.23. The van der Waals surface area contributed by atoms with Gasteiger partial charge in [-0.25, -0.2) is 4.79 Å². The lowest BCUT2D eigenvalue weighted by Crippen LogP contribution is -2.22. The Morgan fingerprint density at radius 3 is 2.43 bits per heavy atom. The number of ether oxygens (including phenoxy) is 1. The van der Waals surface area contributed by atoms with Gasteiger partial charge in [0.25, 0.3) is 5.91 Å². The van der Waals surface area contributed by atoms with Crippen molar-refractivity contribution in [3.8, 4) is 6.07 Å². The molecule has 2 aromatic carbocycles. The normalized spacial score (nSPS) is 11.0. The van der Waals surface area contributed by atoms with E-state index in [0.29, 0.717) is 11.6 Å². The van der Waals surface area contributed by atoms with E-state index in [2.05, 4.69) is 19.2 Å². The molecule has 0 spiro atoms. The highest BCUT2D eigenvalue weighted by Crippen LogP contribution is 2.17. The van der Waals surface area contributed by atoms with Gasteiger partial charge < -0.3 is 10.1 Å². The number of amides is 1. The number of nitriles is 1. The van der Waals surface area contributed by atoms with Crippen LogP contribution < -0.4 is 5.32 Å². The van der Waals surface area contributed by atoms with E-state index in [4.69, 9.17) is 4.74 Å². The predicted octanol–water partition coefficient (Wildman–Crippen LogP) is 4.46. The number of rotatable bonds is 7. The van der Waals surface area contributed by atoms with Crippen LogP contribution in [0.3, 0.4) is 0 Å². The van der Waals surface area contributed by atoms with Crippen LogP contribution in [0.2, 0.25) is 0 Å². The molecule has 0 aromatic heterocycles. The fraction of sp³-hybridized carbons (Fsp3) is 0.261. The third-order valence-electron chi connectivity index (χ3n) is 4.26. The highest BCUT2D eigenvalue weighted by molar-refractivity contribution is 6.00. The fourth-order valence-electron chi connectivity index (χ4n) is 2.63. The Bertz CT molecular complexity index is 906. The topological polar surface area (TPSA) is 79.2 Å². The zero-order chi connectivity index (χ0) is 20.5. The Morgan fingerprint density at radius 2 is 1.82 bits per heavy atom. The summed E-state index contributed by atoms with van der Waals surface area (Å²) in [5.41, 5.74) is 3.41. The van der Waals surface area contributed by atoms with Crippen LogP contribution in [0, 0.1) is 11.3 Å². The first-order valence-electron chi connectivity index (χ1n) is 9.21. The highest BCUT2D eigenvalue weighted by atomic mass is 16.5. The van der Waals surface area contributed by atoms with E-state index in [-0.39, 0.29) is 5.57 Å². The van der Waals surface area contributed by atoms with Crippen LogP contribution in [0.4, 0.5) is 5.69 Å². The number of esters is 1. The van der Waals surface area contributed by atoms with E-state index < -0.39 is 18.5 Å². The summed E-state index contributed by atoms with van der Waals surface area (Å²) in [6.45, 7) is 5.71. The molecule has 0 bridgehead atoms. The molecule has 0 aliphatic heterocycles. The van der Waals surface area contributed by atoms with Gasteiger partial charge in [-0.05, 0) is 41.2 Å². The van der Waals surface area contributed by atoms with Crippen LogP contribution in [0.15, 0.2) is 54.1 Å². The van der Waals surface area contributed by atoms with Gasteiger partial charge in [0.05, 0.1) is 0 Å². The quantitative estimate of drug-likeness (QED) is 0.439. The number of para-hydroxylation sites is 1. The summed E-state index contributed by atoms with van der Waals surface area (Å²) in [5, 5.41) is 12.0. The Hall–Kier alpha value is -3.39. The summed E-state index contributed by atoms with van der Waals surface area (Å²) in [7, 11) is 0. The molecule has 0 atom stereocenters. The number of benzene rings is 2. The first-order valence-corrected chi connectivity index (χ1v) is 9.21. The van der Waals surface area contributed by atoms with Crippen LogP contribution in [0.25, 0.3) is 6.08 Å². The molecule has 0 saturated carbocycles. The average Bonchev–Trinajstić information content (AvgIpc) is 2.71. The lowest BCUT2D eigenvalue weighted by Gasteiger charge is -2.10. The Labute approximate surface area is 165 Å². The number of hydrogen-bond donors (Lipinski definition) is 1.